The van der Waals surface area contributed by atoms with Crippen molar-refractivity contribution in [2.45, 2.75) is 33.1 Å². The second-order valence-electron chi connectivity index (χ2n) is 6.92. The lowest BCUT2D eigenvalue weighted by Crippen LogP contribution is -2.34. The third-order valence-electron chi connectivity index (χ3n) is 4.78. The summed E-state index contributed by atoms with van der Waals surface area (Å²) in [7, 11) is 1.56. The molecule has 0 radical (unpaired) electrons. The van der Waals surface area contributed by atoms with Gasteiger partial charge in [-0.25, -0.2) is 9.07 Å². The van der Waals surface area contributed by atoms with Crippen LogP contribution >= 0.6 is 0 Å². The van der Waals surface area contributed by atoms with E-state index < -0.39 is 11.9 Å². The highest BCUT2D eigenvalue weighted by molar-refractivity contribution is 5.94. The number of aliphatic carboxylic acids is 1. The molecule has 1 amide bonds. The average Bonchev–Trinajstić information content (AvgIpc) is 3.18. The van der Waals surface area contributed by atoms with Crippen LogP contribution in [-0.4, -0.2) is 45.3 Å². The lowest BCUT2D eigenvalue weighted by molar-refractivity contribution is -0.141. The Bertz CT molecular complexity index is 875. The van der Waals surface area contributed by atoms with Crippen LogP contribution in [0.5, 0.6) is 0 Å². The topological polar surface area (TPSA) is 75.4 Å². The molecule has 0 fully saturated rings. The largest absolute Gasteiger partial charge is 0.481 e. The van der Waals surface area contributed by atoms with E-state index in [4.69, 9.17) is 5.11 Å². The number of carboxylic acids is 1. The van der Waals surface area contributed by atoms with E-state index in [0.717, 1.165) is 29.7 Å². The first-order valence-corrected chi connectivity index (χ1v) is 8.65. The molecular formula is C19H22FN3O3. The van der Waals surface area contributed by atoms with Crippen LogP contribution in [0, 0.1) is 18.7 Å². The van der Waals surface area contributed by atoms with E-state index in [-0.39, 0.29) is 18.3 Å². The molecule has 1 aliphatic carbocycles. The van der Waals surface area contributed by atoms with Gasteiger partial charge in [0.15, 0.2) is 5.69 Å². The minimum atomic E-state index is -0.956. The standard InChI is InChI=1S/C19H22FN3O3/c1-11-7-8-14(20)16(9-11)23-15-6-4-5-13(15)17(21-23)18(24)22(3)10-12(2)19(25)26/h7-9,12H,4-6,10H2,1-3H3,(H,25,26). The van der Waals surface area contributed by atoms with E-state index in [2.05, 4.69) is 5.10 Å². The van der Waals surface area contributed by atoms with Gasteiger partial charge in [0, 0.05) is 24.8 Å². The smallest absolute Gasteiger partial charge is 0.308 e. The first-order valence-electron chi connectivity index (χ1n) is 8.65. The summed E-state index contributed by atoms with van der Waals surface area (Å²) < 4.78 is 15.9. The van der Waals surface area contributed by atoms with Gasteiger partial charge in [-0.2, -0.15) is 5.10 Å². The van der Waals surface area contributed by atoms with Crippen LogP contribution < -0.4 is 0 Å². The Morgan fingerprint density at radius 2 is 2.12 bits per heavy atom. The maximum Gasteiger partial charge on any atom is 0.308 e. The molecule has 1 aliphatic rings. The van der Waals surface area contributed by atoms with Crippen molar-refractivity contribution in [1.29, 1.82) is 0 Å². The summed E-state index contributed by atoms with van der Waals surface area (Å²) in [6.07, 6.45) is 2.33. The number of hydrogen-bond donors (Lipinski definition) is 1. The number of carbonyl (C=O) groups is 2. The molecule has 1 N–H and O–H groups in total. The van der Waals surface area contributed by atoms with Crippen molar-refractivity contribution in [3.8, 4) is 5.69 Å². The molecule has 2 aromatic rings. The summed E-state index contributed by atoms with van der Waals surface area (Å²) >= 11 is 0. The normalized spacial score (nSPS) is 14.2. The van der Waals surface area contributed by atoms with Gasteiger partial charge in [-0.1, -0.05) is 13.0 Å². The molecule has 138 valence electrons. The summed E-state index contributed by atoms with van der Waals surface area (Å²) in [5, 5.41) is 13.5. The molecule has 26 heavy (non-hydrogen) atoms. The van der Waals surface area contributed by atoms with Crippen LogP contribution in [0.4, 0.5) is 4.39 Å². The average molecular weight is 359 g/mol. The summed E-state index contributed by atoms with van der Waals surface area (Å²) in [6, 6.07) is 4.80. The Labute approximate surface area is 151 Å². The van der Waals surface area contributed by atoms with Crippen molar-refractivity contribution in [3.05, 3.63) is 46.5 Å². The Morgan fingerprint density at radius 3 is 2.81 bits per heavy atom. The minimum Gasteiger partial charge on any atom is -0.481 e. The molecular weight excluding hydrogens is 337 g/mol. The van der Waals surface area contributed by atoms with E-state index in [9.17, 15) is 14.0 Å². The van der Waals surface area contributed by atoms with Crippen molar-refractivity contribution >= 4 is 11.9 Å². The summed E-state index contributed by atoms with van der Waals surface area (Å²) in [5.41, 5.74) is 3.23. The zero-order chi connectivity index (χ0) is 19.0. The van der Waals surface area contributed by atoms with E-state index >= 15 is 0 Å². The van der Waals surface area contributed by atoms with Gasteiger partial charge in [0.25, 0.3) is 5.91 Å². The van der Waals surface area contributed by atoms with Gasteiger partial charge in [-0.15, -0.1) is 0 Å². The maximum atomic E-state index is 14.3. The van der Waals surface area contributed by atoms with Crippen LogP contribution in [0.3, 0.4) is 0 Å². The first-order chi connectivity index (χ1) is 12.3. The zero-order valence-electron chi connectivity index (χ0n) is 15.1. The predicted octanol–water partition coefficient (Wildman–Crippen LogP) is 2.60. The molecule has 0 spiro atoms. The monoisotopic (exact) mass is 359 g/mol. The third kappa shape index (κ3) is 3.21. The van der Waals surface area contributed by atoms with Crippen molar-refractivity contribution in [2.24, 2.45) is 5.92 Å². The van der Waals surface area contributed by atoms with E-state index in [1.54, 1.807) is 26.1 Å². The number of fused-ring (bicyclic) bond motifs is 1. The number of carboxylic acid groups (broad SMARTS) is 1. The molecule has 7 heteroatoms. The summed E-state index contributed by atoms with van der Waals surface area (Å²) in [5.74, 6) is -2.35. The highest BCUT2D eigenvalue weighted by atomic mass is 19.1. The molecule has 3 rings (SSSR count). The van der Waals surface area contributed by atoms with Gasteiger partial charge in [0.05, 0.1) is 5.92 Å². The number of halogens is 1. The van der Waals surface area contributed by atoms with Crippen molar-refractivity contribution < 1.29 is 19.1 Å². The van der Waals surface area contributed by atoms with Gasteiger partial charge in [0.2, 0.25) is 0 Å². The molecule has 1 aromatic heterocycles. The number of aromatic nitrogens is 2. The van der Waals surface area contributed by atoms with Gasteiger partial charge in [0.1, 0.15) is 11.5 Å². The fourth-order valence-electron chi connectivity index (χ4n) is 3.35. The lowest BCUT2D eigenvalue weighted by Gasteiger charge is -2.18. The number of carbonyl (C=O) groups excluding carboxylic acids is 1. The molecule has 0 bridgehead atoms. The van der Waals surface area contributed by atoms with Crippen LogP contribution in [0.1, 0.15) is 40.7 Å². The van der Waals surface area contributed by atoms with E-state index in [1.165, 1.54) is 15.6 Å². The van der Waals surface area contributed by atoms with Crippen LogP contribution in [0.2, 0.25) is 0 Å². The van der Waals surface area contributed by atoms with E-state index in [1.807, 2.05) is 6.92 Å². The minimum absolute atomic E-state index is 0.0919. The number of amides is 1. The molecule has 1 unspecified atom stereocenters. The second-order valence-corrected chi connectivity index (χ2v) is 6.92. The van der Waals surface area contributed by atoms with Gasteiger partial charge < -0.3 is 10.0 Å². The number of aryl methyl sites for hydroxylation is 1. The summed E-state index contributed by atoms with van der Waals surface area (Å²) in [6.45, 7) is 3.52. The quantitative estimate of drug-likeness (QED) is 0.890. The number of hydrogen-bond acceptors (Lipinski definition) is 3. The van der Waals surface area contributed by atoms with E-state index in [0.29, 0.717) is 17.8 Å². The fraction of sp³-hybridized carbons (Fsp3) is 0.421. The second kappa shape index (κ2) is 6.90. The highest BCUT2D eigenvalue weighted by Crippen LogP contribution is 2.29. The van der Waals surface area contributed by atoms with Crippen LogP contribution in [0.15, 0.2) is 18.2 Å². The zero-order valence-corrected chi connectivity index (χ0v) is 15.1. The van der Waals surface area contributed by atoms with Crippen molar-refractivity contribution in [2.75, 3.05) is 13.6 Å². The third-order valence-corrected chi connectivity index (χ3v) is 4.78. The molecule has 0 aliphatic heterocycles. The molecule has 1 atom stereocenters. The molecule has 1 heterocycles. The first kappa shape index (κ1) is 18.1. The fourth-order valence-corrected chi connectivity index (χ4v) is 3.35. The van der Waals surface area contributed by atoms with Crippen molar-refractivity contribution in [3.63, 3.8) is 0 Å². The Balaban J connectivity index is 1.98. The molecule has 1 aromatic carbocycles. The van der Waals surface area contributed by atoms with Crippen molar-refractivity contribution in [1.82, 2.24) is 14.7 Å². The van der Waals surface area contributed by atoms with Gasteiger partial charge in [-0.05, 0) is 43.9 Å². The Hall–Kier alpha value is -2.70. The van der Waals surface area contributed by atoms with Crippen LogP contribution in [0.25, 0.3) is 5.69 Å². The lowest BCUT2D eigenvalue weighted by atomic mass is 10.1. The highest BCUT2D eigenvalue weighted by Gasteiger charge is 2.30. The molecule has 0 saturated carbocycles. The SMILES string of the molecule is Cc1ccc(F)c(-n2nc(C(=O)N(C)CC(C)C(=O)O)c3c2CCC3)c1. The number of benzene rings is 1. The summed E-state index contributed by atoms with van der Waals surface area (Å²) in [4.78, 5) is 25.2. The molecule has 6 nitrogen and oxygen atoms in total. The molecule has 0 saturated heterocycles. The number of rotatable bonds is 5. The predicted molar refractivity (Wildman–Crippen MR) is 94.0 cm³/mol. The van der Waals surface area contributed by atoms with Gasteiger partial charge >= 0.3 is 5.97 Å². The maximum absolute atomic E-state index is 14.3. The van der Waals surface area contributed by atoms with Crippen LogP contribution in [-0.2, 0) is 17.6 Å². The van der Waals surface area contributed by atoms with Gasteiger partial charge in [-0.3, -0.25) is 9.59 Å². The Kier molecular flexibility index (Phi) is 4.80. The Morgan fingerprint density at radius 1 is 1.38 bits per heavy atom. The number of nitrogens with zero attached hydrogens (tertiary/aromatic N) is 3.